The summed E-state index contributed by atoms with van der Waals surface area (Å²) in [4.78, 5) is 26.8. The van der Waals surface area contributed by atoms with Crippen LogP contribution in [0.4, 0.5) is 5.69 Å². The maximum Gasteiger partial charge on any atom is 0.270 e. The standard InChI is InChI=1S/C21H20N2O5S/c1-3-27-15-7-5-6-14(12-15)23-20(26)16(19(25)22-21(23)29)10-13-8-9-17(24)18(11-13)28-4-2/h5-12,24H,3-4H2,1-2H3,(H,22,25,29)/b16-10+. The van der Waals surface area contributed by atoms with E-state index in [1.807, 2.05) is 6.92 Å². The van der Waals surface area contributed by atoms with E-state index in [-0.39, 0.29) is 22.2 Å². The Morgan fingerprint density at radius 2 is 1.86 bits per heavy atom. The largest absolute Gasteiger partial charge is 0.504 e. The highest BCUT2D eigenvalue weighted by atomic mass is 32.1. The van der Waals surface area contributed by atoms with Gasteiger partial charge in [-0.05, 0) is 62.0 Å². The van der Waals surface area contributed by atoms with Gasteiger partial charge in [-0.15, -0.1) is 0 Å². The quantitative estimate of drug-likeness (QED) is 0.431. The molecule has 7 nitrogen and oxygen atoms in total. The summed E-state index contributed by atoms with van der Waals surface area (Å²) in [6.45, 7) is 4.49. The van der Waals surface area contributed by atoms with E-state index < -0.39 is 11.8 Å². The molecule has 1 saturated heterocycles. The molecule has 2 N–H and O–H groups in total. The van der Waals surface area contributed by atoms with Crippen molar-refractivity contribution in [3.8, 4) is 17.2 Å². The minimum atomic E-state index is -0.594. The molecule has 0 bridgehead atoms. The number of rotatable bonds is 6. The summed E-state index contributed by atoms with van der Waals surface area (Å²) in [6, 6.07) is 11.5. The number of hydrogen-bond acceptors (Lipinski definition) is 6. The number of thiocarbonyl (C=S) groups is 1. The van der Waals surface area contributed by atoms with Gasteiger partial charge in [0.05, 0.1) is 18.9 Å². The average Bonchev–Trinajstić information content (AvgIpc) is 2.68. The van der Waals surface area contributed by atoms with Gasteiger partial charge in [0.25, 0.3) is 11.8 Å². The second kappa shape index (κ2) is 8.74. The minimum absolute atomic E-state index is 0.00786. The predicted molar refractivity (Wildman–Crippen MR) is 113 cm³/mol. The lowest BCUT2D eigenvalue weighted by Crippen LogP contribution is -2.54. The van der Waals surface area contributed by atoms with Crippen molar-refractivity contribution in [1.29, 1.82) is 0 Å². The normalized spacial score (nSPS) is 15.4. The first kappa shape index (κ1) is 20.3. The van der Waals surface area contributed by atoms with Crippen LogP contribution in [0.1, 0.15) is 19.4 Å². The lowest BCUT2D eigenvalue weighted by atomic mass is 10.1. The topological polar surface area (TPSA) is 88.1 Å². The highest BCUT2D eigenvalue weighted by Gasteiger charge is 2.34. The average molecular weight is 412 g/mol. The van der Waals surface area contributed by atoms with Gasteiger partial charge in [-0.2, -0.15) is 0 Å². The van der Waals surface area contributed by atoms with Crippen molar-refractivity contribution in [2.75, 3.05) is 18.1 Å². The van der Waals surface area contributed by atoms with Crippen LogP contribution in [0.15, 0.2) is 48.0 Å². The zero-order chi connectivity index (χ0) is 21.0. The van der Waals surface area contributed by atoms with Crippen LogP contribution in [0, 0.1) is 0 Å². The van der Waals surface area contributed by atoms with Crippen LogP contribution >= 0.6 is 12.2 Å². The molecule has 1 fully saturated rings. The van der Waals surface area contributed by atoms with E-state index in [4.69, 9.17) is 21.7 Å². The molecule has 150 valence electrons. The minimum Gasteiger partial charge on any atom is -0.504 e. The molecule has 0 atom stereocenters. The molecule has 29 heavy (non-hydrogen) atoms. The van der Waals surface area contributed by atoms with Crippen molar-refractivity contribution in [3.05, 3.63) is 53.6 Å². The summed E-state index contributed by atoms with van der Waals surface area (Å²) in [6.07, 6.45) is 1.43. The number of phenols is 1. The van der Waals surface area contributed by atoms with Gasteiger partial charge in [-0.1, -0.05) is 12.1 Å². The number of carbonyl (C=O) groups is 2. The molecule has 8 heteroatoms. The Balaban J connectivity index is 1.98. The molecular formula is C21H20N2O5S. The molecule has 0 aliphatic carbocycles. The highest BCUT2D eigenvalue weighted by Crippen LogP contribution is 2.29. The van der Waals surface area contributed by atoms with Crippen LogP contribution in [0.25, 0.3) is 6.08 Å². The maximum atomic E-state index is 13.1. The Morgan fingerprint density at radius 1 is 1.10 bits per heavy atom. The third kappa shape index (κ3) is 4.38. The van der Waals surface area contributed by atoms with E-state index in [0.717, 1.165) is 0 Å². The number of aromatic hydroxyl groups is 1. The number of anilines is 1. The van der Waals surface area contributed by atoms with Crippen molar-refractivity contribution in [2.24, 2.45) is 0 Å². The number of carbonyl (C=O) groups excluding carboxylic acids is 2. The first-order valence-electron chi connectivity index (χ1n) is 9.04. The van der Waals surface area contributed by atoms with Gasteiger partial charge in [-0.25, -0.2) is 0 Å². The van der Waals surface area contributed by atoms with Crippen molar-refractivity contribution < 1.29 is 24.2 Å². The van der Waals surface area contributed by atoms with Gasteiger partial charge < -0.3 is 14.6 Å². The Bertz CT molecular complexity index is 1000. The van der Waals surface area contributed by atoms with Gasteiger partial charge >= 0.3 is 0 Å². The summed E-state index contributed by atoms with van der Waals surface area (Å²) < 4.78 is 10.8. The number of nitrogens with zero attached hydrogens (tertiary/aromatic N) is 1. The van der Waals surface area contributed by atoms with Gasteiger partial charge in [0.2, 0.25) is 0 Å². The first-order valence-corrected chi connectivity index (χ1v) is 9.45. The third-order valence-electron chi connectivity index (χ3n) is 4.08. The van der Waals surface area contributed by atoms with Crippen molar-refractivity contribution in [3.63, 3.8) is 0 Å². The van der Waals surface area contributed by atoms with Gasteiger partial charge in [0.1, 0.15) is 11.3 Å². The van der Waals surface area contributed by atoms with Crippen LogP contribution in [0.2, 0.25) is 0 Å². The van der Waals surface area contributed by atoms with E-state index >= 15 is 0 Å². The monoisotopic (exact) mass is 412 g/mol. The Hall–Kier alpha value is -3.39. The zero-order valence-electron chi connectivity index (χ0n) is 16.0. The molecule has 2 aromatic carbocycles. The summed E-state index contributed by atoms with van der Waals surface area (Å²) in [5, 5.41) is 12.4. The Labute approximate surface area is 173 Å². The fourth-order valence-electron chi connectivity index (χ4n) is 2.83. The second-order valence-electron chi connectivity index (χ2n) is 6.05. The number of nitrogens with one attached hydrogen (secondary N) is 1. The summed E-state index contributed by atoms with van der Waals surface area (Å²) in [5.41, 5.74) is 0.923. The van der Waals surface area contributed by atoms with Crippen LogP contribution in [0.3, 0.4) is 0 Å². The highest BCUT2D eigenvalue weighted by molar-refractivity contribution is 7.80. The molecule has 1 heterocycles. The number of ether oxygens (including phenoxy) is 2. The summed E-state index contributed by atoms with van der Waals surface area (Å²) in [5.74, 6) is -0.323. The first-order chi connectivity index (χ1) is 13.9. The van der Waals surface area contributed by atoms with Crippen molar-refractivity contribution in [2.45, 2.75) is 13.8 Å². The number of hydrogen-bond donors (Lipinski definition) is 2. The maximum absolute atomic E-state index is 13.1. The molecule has 0 radical (unpaired) electrons. The molecule has 0 spiro atoms. The van der Waals surface area contributed by atoms with Crippen LogP contribution in [-0.2, 0) is 9.59 Å². The van der Waals surface area contributed by atoms with Crippen molar-refractivity contribution >= 4 is 40.9 Å². The molecule has 0 saturated carbocycles. The smallest absolute Gasteiger partial charge is 0.270 e. The molecule has 0 unspecified atom stereocenters. The van der Waals surface area contributed by atoms with Gasteiger partial charge in [0, 0.05) is 6.07 Å². The lowest BCUT2D eigenvalue weighted by Gasteiger charge is -2.29. The van der Waals surface area contributed by atoms with E-state index in [0.29, 0.717) is 30.2 Å². The number of benzene rings is 2. The molecule has 3 rings (SSSR count). The van der Waals surface area contributed by atoms with Crippen LogP contribution in [-0.4, -0.2) is 35.2 Å². The fraction of sp³-hybridized carbons (Fsp3) is 0.190. The van der Waals surface area contributed by atoms with E-state index in [1.54, 1.807) is 43.3 Å². The zero-order valence-corrected chi connectivity index (χ0v) is 16.8. The molecular weight excluding hydrogens is 392 g/mol. The molecule has 1 aliphatic rings. The number of phenolic OH excluding ortho intramolecular Hbond substituents is 1. The SMILES string of the molecule is CCOc1cccc(N2C(=O)/C(=C/c3ccc(O)c(OCC)c3)C(=O)NC2=S)c1. The predicted octanol–water partition coefficient (Wildman–Crippen LogP) is 3.02. The number of amides is 2. The van der Waals surface area contributed by atoms with Gasteiger partial charge in [0.15, 0.2) is 16.6 Å². The Kier molecular flexibility index (Phi) is 6.13. The third-order valence-corrected chi connectivity index (χ3v) is 4.37. The fourth-order valence-corrected chi connectivity index (χ4v) is 3.11. The lowest BCUT2D eigenvalue weighted by molar-refractivity contribution is -0.122. The second-order valence-corrected chi connectivity index (χ2v) is 6.44. The van der Waals surface area contributed by atoms with Crippen LogP contribution in [0.5, 0.6) is 17.2 Å². The summed E-state index contributed by atoms with van der Waals surface area (Å²) in [7, 11) is 0. The molecule has 0 aromatic heterocycles. The van der Waals surface area contributed by atoms with E-state index in [2.05, 4.69) is 5.32 Å². The molecule has 1 aliphatic heterocycles. The van der Waals surface area contributed by atoms with Gasteiger partial charge in [-0.3, -0.25) is 19.8 Å². The van der Waals surface area contributed by atoms with Crippen LogP contribution < -0.4 is 19.7 Å². The van der Waals surface area contributed by atoms with Crippen molar-refractivity contribution in [1.82, 2.24) is 5.32 Å². The van der Waals surface area contributed by atoms with E-state index in [9.17, 15) is 14.7 Å². The summed E-state index contributed by atoms with van der Waals surface area (Å²) >= 11 is 5.21. The molecule has 2 aromatic rings. The van der Waals surface area contributed by atoms with E-state index in [1.165, 1.54) is 17.0 Å². The Morgan fingerprint density at radius 3 is 2.59 bits per heavy atom. The molecule has 2 amide bonds.